The van der Waals surface area contributed by atoms with Crippen LogP contribution in [0.2, 0.25) is 0 Å². The molecule has 0 N–H and O–H groups in total. The first-order chi connectivity index (χ1) is 14.4. The molecule has 0 spiro atoms. The molecule has 0 amide bonds. The molecule has 29 heavy (non-hydrogen) atoms. The van der Waals surface area contributed by atoms with E-state index in [4.69, 9.17) is 0 Å². The van der Waals surface area contributed by atoms with Gasteiger partial charge in [0.2, 0.25) is 0 Å². The molecule has 0 heterocycles. The maximum atomic E-state index is 2.38. The van der Waals surface area contributed by atoms with Crippen LogP contribution in [0.3, 0.4) is 0 Å². The molecule has 0 aromatic heterocycles. The summed E-state index contributed by atoms with van der Waals surface area (Å²) in [6.07, 6.45) is 1.01. The molecular formula is C29H18. The van der Waals surface area contributed by atoms with Crippen molar-refractivity contribution in [2.24, 2.45) is 0 Å². The summed E-state index contributed by atoms with van der Waals surface area (Å²) in [7, 11) is 0. The van der Waals surface area contributed by atoms with Gasteiger partial charge in [-0.1, -0.05) is 84.9 Å². The van der Waals surface area contributed by atoms with E-state index >= 15 is 0 Å². The van der Waals surface area contributed by atoms with Crippen molar-refractivity contribution in [1.82, 2.24) is 0 Å². The lowest BCUT2D eigenvalue weighted by Gasteiger charge is -2.11. The Morgan fingerprint density at radius 3 is 2.07 bits per heavy atom. The second-order valence-electron chi connectivity index (χ2n) is 8.17. The molecule has 134 valence electrons. The van der Waals surface area contributed by atoms with Gasteiger partial charge in [-0.15, -0.1) is 0 Å². The van der Waals surface area contributed by atoms with Gasteiger partial charge in [0.25, 0.3) is 0 Å². The molecule has 7 rings (SSSR count). The summed E-state index contributed by atoms with van der Waals surface area (Å²) in [5.74, 6) is 0. The van der Waals surface area contributed by atoms with Gasteiger partial charge in [0.05, 0.1) is 0 Å². The van der Waals surface area contributed by atoms with Crippen molar-refractivity contribution in [3.63, 3.8) is 0 Å². The van der Waals surface area contributed by atoms with Gasteiger partial charge in [0, 0.05) is 0 Å². The van der Waals surface area contributed by atoms with E-state index in [0.717, 1.165) is 6.42 Å². The summed E-state index contributed by atoms with van der Waals surface area (Å²) in [6.45, 7) is 0. The zero-order chi connectivity index (χ0) is 18.9. The topological polar surface area (TPSA) is 0 Å². The van der Waals surface area contributed by atoms with E-state index in [1.54, 1.807) is 0 Å². The third kappa shape index (κ3) is 2.04. The lowest BCUT2D eigenvalue weighted by Crippen LogP contribution is -1.85. The first-order valence-electron chi connectivity index (χ1n) is 10.2. The van der Waals surface area contributed by atoms with Crippen LogP contribution < -0.4 is 0 Å². The number of hydrogen-bond acceptors (Lipinski definition) is 0. The maximum absolute atomic E-state index is 2.38. The first kappa shape index (κ1) is 15.3. The number of rotatable bonds is 0. The van der Waals surface area contributed by atoms with Crippen LogP contribution in [0.15, 0.2) is 97.1 Å². The second kappa shape index (κ2) is 5.46. The summed E-state index contributed by atoms with van der Waals surface area (Å²) in [6, 6.07) is 36.0. The van der Waals surface area contributed by atoms with E-state index in [2.05, 4.69) is 97.1 Å². The van der Waals surface area contributed by atoms with E-state index in [-0.39, 0.29) is 0 Å². The van der Waals surface area contributed by atoms with Crippen LogP contribution in [0.5, 0.6) is 0 Å². The molecule has 1 aliphatic carbocycles. The molecular weight excluding hydrogens is 348 g/mol. The fourth-order valence-electron chi connectivity index (χ4n) is 5.29. The van der Waals surface area contributed by atoms with Crippen molar-refractivity contribution in [3.05, 3.63) is 108 Å². The van der Waals surface area contributed by atoms with Crippen molar-refractivity contribution < 1.29 is 0 Å². The molecule has 0 unspecified atom stereocenters. The van der Waals surface area contributed by atoms with Crippen molar-refractivity contribution in [1.29, 1.82) is 0 Å². The van der Waals surface area contributed by atoms with Crippen LogP contribution in [0.4, 0.5) is 0 Å². The van der Waals surface area contributed by atoms with E-state index in [0.29, 0.717) is 0 Å². The lowest BCUT2D eigenvalue weighted by atomic mass is 9.92. The van der Waals surface area contributed by atoms with Gasteiger partial charge in [0.15, 0.2) is 0 Å². The average molecular weight is 366 g/mol. The maximum Gasteiger partial charge on any atom is -0.000705 e. The third-order valence-electron chi connectivity index (χ3n) is 6.63. The fraction of sp³-hybridized carbons (Fsp3) is 0.0345. The third-order valence-corrected chi connectivity index (χ3v) is 6.63. The molecule has 6 aromatic rings. The van der Waals surface area contributed by atoms with Crippen molar-refractivity contribution in [2.75, 3.05) is 0 Å². The van der Waals surface area contributed by atoms with Gasteiger partial charge in [-0.25, -0.2) is 0 Å². The van der Waals surface area contributed by atoms with E-state index in [9.17, 15) is 0 Å². The second-order valence-corrected chi connectivity index (χ2v) is 8.17. The van der Waals surface area contributed by atoms with Crippen LogP contribution in [-0.4, -0.2) is 0 Å². The number of hydrogen-bond donors (Lipinski definition) is 0. The van der Waals surface area contributed by atoms with Gasteiger partial charge in [-0.2, -0.15) is 0 Å². The Bertz CT molecular complexity index is 1620. The minimum Gasteiger partial charge on any atom is -0.0616 e. The molecule has 0 saturated carbocycles. The van der Waals surface area contributed by atoms with Gasteiger partial charge in [-0.3, -0.25) is 0 Å². The van der Waals surface area contributed by atoms with E-state index in [1.165, 1.54) is 65.3 Å². The standard InChI is InChI=1S/C29H18/c1-2-7-21-16-26-22(15-20(21)6-1)13-14-25-27(26)17-23-12-11-19-10-9-18-5-3-4-8-24(18)28(19)29(23)25/h1-16H,17H2. The highest BCUT2D eigenvalue weighted by Gasteiger charge is 2.23. The van der Waals surface area contributed by atoms with Crippen molar-refractivity contribution in [3.8, 4) is 11.1 Å². The fourth-order valence-corrected chi connectivity index (χ4v) is 5.29. The van der Waals surface area contributed by atoms with Gasteiger partial charge >= 0.3 is 0 Å². The molecule has 0 saturated heterocycles. The Morgan fingerprint density at radius 2 is 1.17 bits per heavy atom. The highest BCUT2D eigenvalue weighted by molar-refractivity contribution is 6.17. The Morgan fingerprint density at radius 1 is 0.483 bits per heavy atom. The Kier molecular flexibility index (Phi) is 2.88. The predicted octanol–water partition coefficient (Wildman–Crippen LogP) is 7.87. The van der Waals surface area contributed by atoms with Crippen LogP contribution >= 0.6 is 0 Å². The van der Waals surface area contributed by atoms with Gasteiger partial charge < -0.3 is 0 Å². The smallest absolute Gasteiger partial charge is 0.000705 e. The van der Waals surface area contributed by atoms with E-state index in [1.807, 2.05) is 0 Å². The van der Waals surface area contributed by atoms with Gasteiger partial charge in [0.1, 0.15) is 0 Å². The summed E-state index contributed by atoms with van der Waals surface area (Å²) in [5.41, 5.74) is 5.77. The van der Waals surface area contributed by atoms with Gasteiger partial charge in [-0.05, 0) is 83.9 Å². The Hall–Kier alpha value is -3.64. The summed E-state index contributed by atoms with van der Waals surface area (Å²) < 4.78 is 0. The quantitative estimate of drug-likeness (QED) is 0.189. The molecule has 0 nitrogen and oxygen atoms in total. The Balaban J connectivity index is 1.63. The van der Waals surface area contributed by atoms with Crippen LogP contribution in [0, 0.1) is 0 Å². The predicted molar refractivity (Wildman–Crippen MR) is 125 cm³/mol. The molecule has 0 fully saturated rings. The summed E-state index contributed by atoms with van der Waals surface area (Å²) in [4.78, 5) is 0. The molecule has 0 aliphatic heterocycles. The molecule has 0 heteroatoms. The molecule has 1 aliphatic rings. The lowest BCUT2D eigenvalue weighted by molar-refractivity contribution is 1.29. The zero-order valence-corrected chi connectivity index (χ0v) is 15.9. The molecule has 6 aromatic carbocycles. The van der Waals surface area contributed by atoms with Crippen LogP contribution in [0.1, 0.15) is 11.1 Å². The molecule has 0 atom stereocenters. The minimum absolute atomic E-state index is 1.01. The number of benzene rings is 6. The summed E-state index contributed by atoms with van der Waals surface area (Å²) in [5, 5.41) is 10.8. The average Bonchev–Trinajstić information content (AvgIpc) is 3.17. The normalized spacial score (nSPS) is 12.7. The zero-order valence-electron chi connectivity index (χ0n) is 15.9. The van der Waals surface area contributed by atoms with Crippen molar-refractivity contribution in [2.45, 2.75) is 6.42 Å². The molecule has 0 radical (unpaired) electrons. The first-order valence-corrected chi connectivity index (χ1v) is 10.2. The highest BCUT2D eigenvalue weighted by atomic mass is 14.3. The molecule has 0 bridgehead atoms. The monoisotopic (exact) mass is 366 g/mol. The SMILES string of the molecule is c1ccc2cc3c4c(ccc3cc2c1)-c1c(ccc2ccc3ccccc3c12)C4. The van der Waals surface area contributed by atoms with E-state index < -0.39 is 0 Å². The Labute approximate surface area is 169 Å². The van der Waals surface area contributed by atoms with Crippen LogP contribution in [0.25, 0.3) is 54.2 Å². The van der Waals surface area contributed by atoms with Crippen LogP contribution in [-0.2, 0) is 6.42 Å². The van der Waals surface area contributed by atoms with Crippen molar-refractivity contribution >= 4 is 43.1 Å². The number of fused-ring (bicyclic) bond motifs is 10. The summed E-state index contributed by atoms with van der Waals surface area (Å²) >= 11 is 0. The minimum atomic E-state index is 1.01. The largest absolute Gasteiger partial charge is 0.0616 e. The highest BCUT2D eigenvalue weighted by Crippen LogP contribution is 2.46.